The minimum atomic E-state index is 0. The van der Waals surface area contributed by atoms with Gasteiger partial charge in [0.1, 0.15) is 0 Å². The number of hydrogen-bond acceptors (Lipinski definition) is 5. The van der Waals surface area contributed by atoms with E-state index in [1.54, 1.807) is 11.3 Å². The summed E-state index contributed by atoms with van der Waals surface area (Å²) in [6, 6.07) is 8.12. The summed E-state index contributed by atoms with van der Waals surface area (Å²) in [7, 11) is 0. The number of nitrogens with zero attached hydrogens (tertiary/aromatic N) is 3. The molecule has 0 unspecified atom stereocenters. The van der Waals surface area contributed by atoms with E-state index in [0.717, 1.165) is 43.5 Å². The Morgan fingerprint density at radius 1 is 1.36 bits per heavy atom. The van der Waals surface area contributed by atoms with Crippen LogP contribution >= 0.6 is 35.3 Å². The van der Waals surface area contributed by atoms with Gasteiger partial charge in [-0.2, -0.15) is 0 Å². The van der Waals surface area contributed by atoms with Crippen molar-refractivity contribution < 1.29 is 4.74 Å². The van der Waals surface area contributed by atoms with Gasteiger partial charge in [0.25, 0.3) is 0 Å². The van der Waals surface area contributed by atoms with Gasteiger partial charge in [-0.25, -0.2) is 4.98 Å². The normalized spacial score (nSPS) is 15.6. The van der Waals surface area contributed by atoms with Crippen LogP contribution in [0.2, 0.25) is 0 Å². The van der Waals surface area contributed by atoms with E-state index in [0.29, 0.717) is 12.5 Å². The Kier molecular flexibility index (Phi) is 6.65. The summed E-state index contributed by atoms with van der Waals surface area (Å²) < 4.78 is 6.48. The van der Waals surface area contributed by atoms with Crippen molar-refractivity contribution >= 4 is 56.6 Å². The summed E-state index contributed by atoms with van der Waals surface area (Å²) >= 11 is 1.66. The number of thiazole rings is 1. The van der Waals surface area contributed by atoms with Gasteiger partial charge < -0.3 is 20.7 Å². The van der Waals surface area contributed by atoms with E-state index in [9.17, 15) is 0 Å². The number of rotatable bonds is 4. The van der Waals surface area contributed by atoms with Gasteiger partial charge in [0.15, 0.2) is 11.1 Å². The predicted molar refractivity (Wildman–Crippen MR) is 102 cm³/mol. The van der Waals surface area contributed by atoms with Crippen LogP contribution < -0.4 is 11.1 Å². The molecule has 0 radical (unpaired) electrons. The SMILES string of the molecule is I.NC(=NCCNc1nc2ccccc2s1)N1CCOCC1. The smallest absolute Gasteiger partial charge is 0.191 e. The van der Waals surface area contributed by atoms with E-state index in [-0.39, 0.29) is 24.0 Å². The molecule has 0 amide bonds. The Balaban J connectivity index is 0.00000176. The van der Waals surface area contributed by atoms with Crippen LogP contribution in [0.4, 0.5) is 5.13 Å². The lowest BCUT2D eigenvalue weighted by Crippen LogP contribution is -2.45. The van der Waals surface area contributed by atoms with Crippen LogP contribution in [0.5, 0.6) is 0 Å². The molecule has 2 aromatic rings. The Morgan fingerprint density at radius 3 is 2.91 bits per heavy atom. The molecule has 6 nitrogen and oxygen atoms in total. The maximum Gasteiger partial charge on any atom is 0.191 e. The number of guanidine groups is 1. The molecule has 120 valence electrons. The number of aliphatic imine (C=N–C) groups is 1. The molecular weight excluding hydrogens is 413 g/mol. The fourth-order valence-electron chi connectivity index (χ4n) is 2.17. The highest BCUT2D eigenvalue weighted by Gasteiger charge is 2.11. The first-order valence-electron chi connectivity index (χ1n) is 7.05. The van der Waals surface area contributed by atoms with Gasteiger partial charge in [0, 0.05) is 19.6 Å². The molecule has 0 bridgehead atoms. The first-order chi connectivity index (χ1) is 10.3. The van der Waals surface area contributed by atoms with Crippen LogP contribution in [0.3, 0.4) is 0 Å². The van der Waals surface area contributed by atoms with Gasteiger partial charge in [0.05, 0.1) is 30.0 Å². The van der Waals surface area contributed by atoms with Crippen LogP contribution in [-0.4, -0.2) is 55.2 Å². The minimum absolute atomic E-state index is 0. The van der Waals surface area contributed by atoms with Gasteiger partial charge >= 0.3 is 0 Å². The molecule has 3 rings (SSSR count). The minimum Gasteiger partial charge on any atom is -0.378 e. The van der Waals surface area contributed by atoms with E-state index in [1.807, 2.05) is 18.2 Å². The molecule has 22 heavy (non-hydrogen) atoms. The lowest BCUT2D eigenvalue weighted by Gasteiger charge is -2.27. The van der Waals surface area contributed by atoms with Crippen molar-refractivity contribution in [2.24, 2.45) is 10.7 Å². The largest absolute Gasteiger partial charge is 0.378 e. The predicted octanol–water partition coefficient (Wildman–Crippen LogP) is 1.97. The van der Waals surface area contributed by atoms with E-state index in [1.165, 1.54) is 4.70 Å². The molecule has 1 fully saturated rings. The molecule has 1 aliphatic heterocycles. The summed E-state index contributed by atoms with van der Waals surface area (Å²) in [5.41, 5.74) is 7.00. The Hall–Kier alpha value is -1.13. The average Bonchev–Trinajstić information content (AvgIpc) is 2.95. The highest BCUT2D eigenvalue weighted by molar-refractivity contribution is 14.0. The second kappa shape index (κ2) is 8.49. The highest BCUT2D eigenvalue weighted by atomic mass is 127. The lowest BCUT2D eigenvalue weighted by molar-refractivity contribution is 0.0674. The summed E-state index contributed by atoms with van der Waals surface area (Å²) in [6.45, 7) is 4.45. The highest BCUT2D eigenvalue weighted by Crippen LogP contribution is 2.24. The summed E-state index contributed by atoms with van der Waals surface area (Å²) in [5, 5.41) is 4.22. The van der Waals surface area contributed by atoms with Crippen LogP contribution in [0.15, 0.2) is 29.3 Å². The van der Waals surface area contributed by atoms with Gasteiger partial charge in [-0.15, -0.1) is 24.0 Å². The first kappa shape index (κ1) is 17.2. The van der Waals surface area contributed by atoms with Crippen molar-refractivity contribution in [3.63, 3.8) is 0 Å². The molecule has 1 aliphatic rings. The molecular formula is C14H20IN5OS. The summed E-state index contributed by atoms with van der Waals surface area (Å²) in [4.78, 5) is 11.0. The topological polar surface area (TPSA) is 75.8 Å². The number of aromatic nitrogens is 1. The van der Waals surface area contributed by atoms with Crippen LogP contribution in [0, 0.1) is 0 Å². The van der Waals surface area contributed by atoms with Gasteiger partial charge in [-0.05, 0) is 12.1 Å². The molecule has 3 N–H and O–H groups in total. The molecule has 0 saturated carbocycles. The molecule has 0 aliphatic carbocycles. The van der Waals surface area contributed by atoms with Crippen molar-refractivity contribution in [3.05, 3.63) is 24.3 Å². The number of nitrogens with one attached hydrogen (secondary N) is 1. The quantitative estimate of drug-likeness (QED) is 0.334. The van der Waals surface area contributed by atoms with E-state index < -0.39 is 0 Å². The van der Waals surface area contributed by atoms with Crippen molar-refractivity contribution in [2.45, 2.75) is 0 Å². The summed E-state index contributed by atoms with van der Waals surface area (Å²) in [5.74, 6) is 0.601. The van der Waals surface area contributed by atoms with Gasteiger partial charge in [-0.1, -0.05) is 23.5 Å². The first-order valence-corrected chi connectivity index (χ1v) is 7.86. The van der Waals surface area contributed by atoms with Crippen LogP contribution in [0.25, 0.3) is 10.2 Å². The number of benzene rings is 1. The zero-order chi connectivity index (χ0) is 14.5. The second-order valence-corrected chi connectivity index (χ2v) is 5.78. The number of anilines is 1. The van der Waals surface area contributed by atoms with Gasteiger partial charge in [0.2, 0.25) is 0 Å². The molecule has 1 saturated heterocycles. The number of para-hydroxylation sites is 1. The molecule has 1 aromatic carbocycles. The van der Waals surface area contributed by atoms with Crippen molar-refractivity contribution in [1.29, 1.82) is 0 Å². The third-order valence-corrected chi connectivity index (χ3v) is 4.28. The molecule has 0 spiro atoms. The van der Waals surface area contributed by atoms with Crippen LogP contribution in [0.1, 0.15) is 0 Å². The van der Waals surface area contributed by atoms with Crippen LogP contribution in [-0.2, 0) is 4.74 Å². The third-order valence-electron chi connectivity index (χ3n) is 3.29. The van der Waals surface area contributed by atoms with E-state index in [4.69, 9.17) is 10.5 Å². The Labute approximate surface area is 150 Å². The zero-order valence-electron chi connectivity index (χ0n) is 12.2. The third kappa shape index (κ3) is 4.43. The number of ether oxygens (including phenoxy) is 1. The van der Waals surface area contributed by atoms with Crippen molar-refractivity contribution in [3.8, 4) is 0 Å². The number of nitrogens with two attached hydrogens (primary N) is 1. The summed E-state index contributed by atoms with van der Waals surface area (Å²) in [6.07, 6.45) is 0. The number of halogens is 1. The maximum atomic E-state index is 5.97. The number of fused-ring (bicyclic) bond motifs is 1. The van der Waals surface area contributed by atoms with Gasteiger partial charge in [-0.3, -0.25) is 4.99 Å². The standard InChI is InChI=1S/C14H19N5OS.HI/c15-13(19-7-9-20-10-8-19)16-5-6-17-14-18-11-3-1-2-4-12(11)21-14;/h1-4H,5-10H2,(H2,15,16)(H,17,18);1H. The van der Waals surface area contributed by atoms with Crippen molar-refractivity contribution in [2.75, 3.05) is 44.7 Å². The lowest BCUT2D eigenvalue weighted by atomic mass is 10.3. The average molecular weight is 433 g/mol. The Morgan fingerprint density at radius 2 is 2.14 bits per heavy atom. The molecule has 1 aromatic heterocycles. The maximum absolute atomic E-state index is 5.97. The monoisotopic (exact) mass is 433 g/mol. The zero-order valence-corrected chi connectivity index (χ0v) is 15.3. The fraction of sp³-hybridized carbons (Fsp3) is 0.429. The van der Waals surface area contributed by atoms with E-state index >= 15 is 0 Å². The van der Waals surface area contributed by atoms with E-state index in [2.05, 4.69) is 26.3 Å². The Bertz CT molecular complexity index is 593. The fourth-order valence-corrected chi connectivity index (χ4v) is 3.06. The number of hydrogen-bond donors (Lipinski definition) is 2. The van der Waals surface area contributed by atoms with Crippen molar-refractivity contribution in [1.82, 2.24) is 9.88 Å². The molecule has 2 heterocycles. The molecule has 0 atom stereocenters. The molecule has 8 heteroatoms. The second-order valence-electron chi connectivity index (χ2n) is 4.75. The number of morpholine rings is 1.